The third-order valence-corrected chi connectivity index (χ3v) is 8.99. The number of urea groups is 1. The highest BCUT2D eigenvalue weighted by Crippen LogP contribution is 2.32. The van der Waals surface area contributed by atoms with E-state index in [1.165, 1.54) is 42.1 Å². The van der Waals surface area contributed by atoms with Crippen LogP contribution in [0.15, 0.2) is 86.6 Å². The van der Waals surface area contributed by atoms with Gasteiger partial charge in [0.05, 0.1) is 5.71 Å². The average Bonchev–Trinajstić information content (AvgIpc) is 2.93. The van der Waals surface area contributed by atoms with Crippen molar-refractivity contribution in [2.75, 3.05) is 24.2 Å². The van der Waals surface area contributed by atoms with E-state index >= 15 is 0 Å². The number of halogens is 2. The highest BCUT2D eigenvalue weighted by Gasteiger charge is 2.27. The number of aryl methyl sites for hydroxylation is 1. The number of amides is 2. The molecule has 1 aliphatic heterocycles. The molecule has 216 valence electrons. The number of nitrogens with one attached hydrogen (secondary N) is 4. The Morgan fingerprint density at radius 1 is 1.15 bits per heavy atom. The molecule has 0 fully saturated rings. The number of thioether (sulfide) groups is 1. The van der Waals surface area contributed by atoms with E-state index in [4.69, 9.17) is 11.6 Å². The summed E-state index contributed by atoms with van der Waals surface area (Å²) in [5.74, 6) is -0.0243. The maximum absolute atomic E-state index is 13.5. The lowest BCUT2D eigenvalue weighted by atomic mass is 9.93. The van der Waals surface area contributed by atoms with Crippen LogP contribution in [0.5, 0.6) is 0 Å². The SMILES string of the molecule is Cc1cc(S(=O)(=O)NC2=NCC(C)(C)CN2)c(SC/C(=N/NC(=O)Nc2ccc(F)cc2)c2ccccc2)cc1Cl. The summed E-state index contributed by atoms with van der Waals surface area (Å²) in [6, 6.07) is 17.0. The van der Waals surface area contributed by atoms with Crippen molar-refractivity contribution >= 4 is 56.8 Å². The molecule has 4 N–H and O–H groups in total. The van der Waals surface area contributed by atoms with Gasteiger partial charge in [-0.05, 0) is 54.4 Å². The van der Waals surface area contributed by atoms with Gasteiger partial charge in [0.2, 0.25) is 5.96 Å². The first kappa shape index (κ1) is 30.4. The number of sulfonamides is 1. The summed E-state index contributed by atoms with van der Waals surface area (Å²) < 4.78 is 42.7. The summed E-state index contributed by atoms with van der Waals surface area (Å²) in [7, 11) is -4.01. The lowest BCUT2D eigenvalue weighted by Crippen LogP contribution is -2.49. The van der Waals surface area contributed by atoms with Crippen LogP contribution in [0.25, 0.3) is 0 Å². The molecule has 0 bridgehead atoms. The van der Waals surface area contributed by atoms with Crippen LogP contribution in [-0.4, -0.2) is 45.0 Å². The molecule has 0 radical (unpaired) electrons. The summed E-state index contributed by atoms with van der Waals surface area (Å²) in [5.41, 5.74) is 4.59. The number of aliphatic imine (C=N–C) groups is 1. The van der Waals surface area contributed by atoms with Crippen molar-refractivity contribution in [3.05, 3.63) is 88.7 Å². The predicted octanol–water partition coefficient (Wildman–Crippen LogP) is 5.37. The van der Waals surface area contributed by atoms with Gasteiger partial charge in [0, 0.05) is 39.9 Å². The van der Waals surface area contributed by atoms with Crippen molar-refractivity contribution in [2.45, 2.75) is 30.6 Å². The average molecular weight is 617 g/mol. The van der Waals surface area contributed by atoms with Gasteiger partial charge < -0.3 is 10.6 Å². The summed E-state index contributed by atoms with van der Waals surface area (Å²) in [6.45, 7) is 6.87. The summed E-state index contributed by atoms with van der Waals surface area (Å²) >= 11 is 7.61. The number of hydrogen-bond donors (Lipinski definition) is 4. The molecule has 1 aliphatic rings. The van der Waals surface area contributed by atoms with Gasteiger partial charge in [0.15, 0.2) is 0 Å². The topological polar surface area (TPSA) is 124 Å². The Kier molecular flexibility index (Phi) is 9.57. The molecule has 0 aromatic heterocycles. The molecule has 2 amide bonds. The molecule has 1 heterocycles. The van der Waals surface area contributed by atoms with Gasteiger partial charge in [-0.15, -0.1) is 11.8 Å². The molecule has 13 heteroatoms. The molecule has 0 aliphatic carbocycles. The van der Waals surface area contributed by atoms with E-state index in [0.29, 0.717) is 40.0 Å². The second-order valence-corrected chi connectivity index (χ2v) is 13.2. The Labute approximate surface area is 248 Å². The highest BCUT2D eigenvalue weighted by atomic mass is 35.5. The van der Waals surface area contributed by atoms with Crippen molar-refractivity contribution in [3.63, 3.8) is 0 Å². The number of carbonyl (C=O) groups excluding carboxylic acids is 1. The van der Waals surface area contributed by atoms with Crippen LogP contribution in [0.4, 0.5) is 14.9 Å². The normalized spacial score (nSPS) is 15.0. The van der Waals surface area contributed by atoms with Crippen molar-refractivity contribution in [3.8, 4) is 0 Å². The molecule has 0 spiro atoms. The number of benzene rings is 3. The van der Waals surface area contributed by atoms with Crippen LogP contribution in [0.3, 0.4) is 0 Å². The molecular weight excluding hydrogens is 587 g/mol. The maximum Gasteiger partial charge on any atom is 0.339 e. The van der Waals surface area contributed by atoms with Gasteiger partial charge in [0.25, 0.3) is 10.0 Å². The van der Waals surface area contributed by atoms with Gasteiger partial charge >= 0.3 is 6.03 Å². The fourth-order valence-electron chi connectivity index (χ4n) is 3.71. The second-order valence-electron chi connectivity index (χ2n) is 10.1. The van der Waals surface area contributed by atoms with Gasteiger partial charge in [-0.3, -0.25) is 4.99 Å². The first-order valence-corrected chi connectivity index (χ1v) is 15.5. The van der Waals surface area contributed by atoms with E-state index < -0.39 is 21.9 Å². The number of anilines is 1. The molecule has 0 unspecified atom stereocenters. The van der Waals surface area contributed by atoms with Crippen molar-refractivity contribution < 1.29 is 17.6 Å². The minimum atomic E-state index is -4.01. The number of hydrazone groups is 1. The standard InChI is InChI=1S/C28H30ClFN6O3S2/c1-18-13-25(41(38,39)36-26-31-16-28(2,3)17-32-26)24(14-22(18)29)40-15-23(19-7-5-4-6-8-19)34-35-27(37)33-21-11-9-20(30)10-12-21/h4-14H,15-17H2,1-3H3,(H2,31,32,36)(H2,33,35,37)/b34-23-. The van der Waals surface area contributed by atoms with E-state index in [1.807, 2.05) is 44.2 Å². The van der Waals surface area contributed by atoms with Crippen LogP contribution < -0.4 is 20.8 Å². The summed E-state index contributed by atoms with van der Waals surface area (Å²) in [4.78, 5) is 17.3. The highest BCUT2D eigenvalue weighted by molar-refractivity contribution is 8.00. The second kappa shape index (κ2) is 12.9. The largest absolute Gasteiger partial charge is 0.355 e. The van der Waals surface area contributed by atoms with Gasteiger partial charge in [-0.2, -0.15) is 5.10 Å². The summed E-state index contributed by atoms with van der Waals surface area (Å²) in [5, 5.41) is 10.3. The first-order chi connectivity index (χ1) is 19.4. The van der Waals surface area contributed by atoms with E-state index in [9.17, 15) is 17.6 Å². The van der Waals surface area contributed by atoms with E-state index in [2.05, 4.69) is 30.9 Å². The molecule has 9 nitrogen and oxygen atoms in total. The lowest BCUT2D eigenvalue weighted by Gasteiger charge is -2.29. The van der Waals surface area contributed by atoms with Gasteiger partial charge in [-0.25, -0.2) is 27.8 Å². The Hall–Kier alpha value is -3.61. The smallest absolute Gasteiger partial charge is 0.339 e. The third kappa shape index (κ3) is 8.44. The quantitative estimate of drug-likeness (QED) is 0.154. The minimum Gasteiger partial charge on any atom is -0.355 e. The molecule has 0 saturated heterocycles. The van der Waals surface area contributed by atoms with Crippen molar-refractivity contribution in [1.82, 2.24) is 15.5 Å². The first-order valence-electron chi connectivity index (χ1n) is 12.6. The Bertz CT molecular complexity index is 1580. The lowest BCUT2D eigenvalue weighted by molar-refractivity contribution is 0.252. The van der Waals surface area contributed by atoms with Crippen LogP contribution in [0, 0.1) is 18.2 Å². The van der Waals surface area contributed by atoms with E-state index in [-0.39, 0.29) is 22.0 Å². The molecule has 3 aromatic rings. The molecule has 3 aromatic carbocycles. The van der Waals surface area contributed by atoms with Crippen molar-refractivity contribution in [1.29, 1.82) is 0 Å². The fourth-order valence-corrected chi connectivity index (χ4v) is 6.52. The van der Waals surface area contributed by atoms with Gasteiger partial charge in [0.1, 0.15) is 10.7 Å². The number of guanidine groups is 1. The number of carbonyl (C=O) groups is 1. The number of rotatable bonds is 8. The zero-order chi connectivity index (χ0) is 29.6. The molecule has 0 saturated carbocycles. The summed E-state index contributed by atoms with van der Waals surface area (Å²) in [6.07, 6.45) is 0. The Balaban J connectivity index is 1.56. The van der Waals surface area contributed by atoms with E-state index in [0.717, 1.165) is 5.56 Å². The Morgan fingerprint density at radius 2 is 1.85 bits per heavy atom. The fraction of sp³-hybridized carbons (Fsp3) is 0.250. The van der Waals surface area contributed by atoms with Gasteiger partial charge in [-0.1, -0.05) is 55.8 Å². The van der Waals surface area contributed by atoms with Crippen molar-refractivity contribution in [2.24, 2.45) is 15.5 Å². The van der Waals surface area contributed by atoms with Crippen LogP contribution in [-0.2, 0) is 10.0 Å². The zero-order valence-electron chi connectivity index (χ0n) is 22.7. The van der Waals surface area contributed by atoms with E-state index in [1.54, 1.807) is 13.0 Å². The third-order valence-electron chi connectivity index (χ3n) is 6.01. The molecule has 4 rings (SSSR count). The molecular formula is C28H30ClFN6O3S2. The van der Waals surface area contributed by atoms with Crippen LogP contribution in [0.2, 0.25) is 5.02 Å². The Morgan fingerprint density at radius 3 is 2.51 bits per heavy atom. The van der Waals surface area contributed by atoms with Crippen LogP contribution in [0.1, 0.15) is 25.0 Å². The van der Waals surface area contributed by atoms with Crippen LogP contribution >= 0.6 is 23.4 Å². The minimum absolute atomic E-state index is 0.0492. The molecule has 41 heavy (non-hydrogen) atoms. The predicted molar refractivity (Wildman–Crippen MR) is 163 cm³/mol. The number of hydrogen-bond acceptors (Lipinski definition) is 7. The maximum atomic E-state index is 13.5. The molecule has 0 atom stereocenters. The number of nitrogens with zero attached hydrogens (tertiary/aromatic N) is 2. The zero-order valence-corrected chi connectivity index (χ0v) is 25.1. The monoisotopic (exact) mass is 616 g/mol.